The molecule has 2 aromatic carbocycles. The van der Waals surface area contributed by atoms with E-state index in [1.807, 2.05) is 47.2 Å². The molecule has 0 unspecified atom stereocenters. The van der Waals surface area contributed by atoms with Crippen LogP contribution in [-0.4, -0.2) is 20.7 Å². The molecule has 1 N–H and O–H groups in total. The quantitative estimate of drug-likeness (QED) is 0.470. The van der Waals surface area contributed by atoms with Crippen LogP contribution in [0, 0.1) is 5.82 Å². The third-order valence-corrected chi connectivity index (χ3v) is 5.02. The van der Waals surface area contributed by atoms with E-state index in [1.165, 1.54) is 12.1 Å². The van der Waals surface area contributed by atoms with Crippen molar-refractivity contribution in [3.8, 4) is 0 Å². The number of imidazole rings is 1. The number of fused-ring (bicyclic) bond motifs is 1. The number of halogens is 1. The van der Waals surface area contributed by atoms with E-state index in [4.69, 9.17) is 0 Å². The van der Waals surface area contributed by atoms with Gasteiger partial charge in [-0.25, -0.2) is 9.37 Å². The molecule has 0 radical (unpaired) electrons. The molecule has 0 saturated carbocycles. The first-order valence-corrected chi connectivity index (χ1v) is 9.73. The van der Waals surface area contributed by atoms with Gasteiger partial charge in [-0.2, -0.15) is 0 Å². The first-order valence-electron chi connectivity index (χ1n) is 9.73. The van der Waals surface area contributed by atoms with Gasteiger partial charge in [-0.05, 0) is 41.6 Å². The summed E-state index contributed by atoms with van der Waals surface area (Å²) in [6.07, 6.45) is 6.13. The summed E-state index contributed by atoms with van der Waals surface area (Å²) in [4.78, 5) is 17.1. The summed E-state index contributed by atoms with van der Waals surface area (Å²) >= 11 is 0. The van der Waals surface area contributed by atoms with Crippen molar-refractivity contribution in [1.29, 1.82) is 0 Å². The number of rotatable bonds is 8. The van der Waals surface area contributed by atoms with Crippen LogP contribution in [0.4, 0.5) is 4.39 Å². The van der Waals surface area contributed by atoms with E-state index in [2.05, 4.69) is 10.3 Å². The summed E-state index contributed by atoms with van der Waals surface area (Å²) in [5.74, 6) is -0.337. The first-order chi connectivity index (χ1) is 14.2. The number of hydrogen-bond acceptors (Lipinski definition) is 3. The van der Waals surface area contributed by atoms with Crippen molar-refractivity contribution in [1.82, 2.24) is 19.4 Å². The lowest BCUT2D eigenvalue weighted by Crippen LogP contribution is -2.29. The van der Waals surface area contributed by atoms with Crippen molar-refractivity contribution in [3.05, 3.63) is 101 Å². The van der Waals surface area contributed by atoms with Gasteiger partial charge in [-0.1, -0.05) is 30.3 Å². The topological polar surface area (TPSA) is 51.9 Å². The minimum atomic E-state index is -0.337. The van der Waals surface area contributed by atoms with Gasteiger partial charge in [0.15, 0.2) is 0 Å². The van der Waals surface area contributed by atoms with E-state index in [1.54, 1.807) is 23.2 Å². The fourth-order valence-electron chi connectivity index (χ4n) is 3.49. The molecule has 0 atom stereocenters. The largest absolute Gasteiger partial charge is 0.336 e. The van der Waals surface area contributed by atoms with Gasteiger partial charge in [0.2, 0.25) is 0 Å². The fourth-order valence-corrected chi connectivity index (χ4v) is 3.49. The maximum atomic E-state index is 13.9. The Balaban J connectivity index is 1.56. The van der Waals surface area contributed by atoms with Crippen LogP contribution in [-0.2, 0) is 26.1 Å². The third-order valence-electron chi connectivity index (χ3n) is 5.02. The summed E-state index contributed by atoms with van der Waals surface area (Å²) in [7, 11) is 0. The van der Waals surface area contributed by atoms with Crippen LogP contribution < -0.4 is 10.9 Å². The number of aryl methyl sites for hydroxylation is 2. The number of nitrogens with one attached hydrogen (secondary N) is 1. The Morgan fingerprint density at radius 1 is 1.03 bits per heavy atom. The van der Waals surface area contributed by atoms with Crippen LogP contribution in [0.5, 0.6) is 0 Å². The average molecular weight is 390 g/mol. The highest BCUT2D eigenvalue weighted by atomic mass is 19.1. The molecule has 2 heterocycles. The second-order valence-corrected chi connectivity index (χ2v) is 7.04. The van der Waals surface area contributed by atoms with Crippen molar-refractivity contribution in [3.63, 3.8) is 0 Å². The molecule has 2 aromatic heterocycles. The number of hydrogen-bond donors (Lipinski definition) is 1. The first kappa shape index (κ1) is 19.1. The summed E-state index contributed by atoms with van der Waals surface area (Å²) in [5.41, 5.74) is 2.39. The van der Waals surface area contributed by atoms with Gasteiger partial charge in [0.1, 0.15) is 5.82 Å². The molecule has 0 aliphatic carbocycles. The van der Waals surface area contributed by atoms with E-state index in [0.29, 0.717) is 30.6 Å². The Bertz CT molecular complexity index is 1140. The lowest BCUT2D eigenvalue weighted by Gasteiger charge is -2.14. The van der Waals surface area contributed by atoms with Crippen LogP contribution in [0.2, 0.25) is 0 Å². The molecule has 0 fully saturated rings. The zero-order chi connectivity index (χ0) is 20.1. The minimum Gasteiger partial charge on any atom is -0.336 e. The zero-order valence-corrected chi connectivity index (χ0v) is 16.1. The molecule has 5 nitrogen and oxygen atoms in total. The van der Waals surface area contributed by atoms with Gasteiger partial charge >= 0.3 is 0 Å². The fraction of sp³-hybridized carbons (Fsp3) is 0.217. The van der Waals surface area contributed by atoms with E-state index in [9.17, 15) is 9.18 Å². The Labute approximate surface area is 168 Å². The highest BCUT2D eigenvalue weighted by Gasteiger charge is 2.10. The molecule has 6 heteroatoms. The molecule has 0 amide bonds. The third kappa shape index (κ3) is 4.60. The number of benzene rings is 2. The highest BCUT2D eigenvalue weighted by Crippen LogP contribution is 2.16. The van der Waals surface area contributed by atoms with Gasteiger partial charge in [0, 0.05) is 44.1 Å². The molecule has 148 valence electrons. The van der Waals surface area contributed by atoms with Crippen LogP contribution in [0.25, 0.3) is 10.9 Å². The van der Waals surface area contributed by atoms with Gasteiger partial charge in [0.05, 0.1) is 11.8 Å². The van der Waals surface area contributed by atoms with Crippen molar-refractivity contribution in [2.75, 3.05) is 6.54 Å². The molecule has 0 saturated heterocycles. The highest BCUT2D eigenvalue weighted by molar-refractivity contribution is 5.79. The molecule has 29 heavy (non-hydrogen) atoms. The number of aromatic nitrogens is 3. The number of nitrogens with zero attached hydrogens (tertiary/aromatic N) is 3. The van der Waals surface area contributed by atoms with Gasteiger partial charge in [0.25, 0.3) is 5.56 Å². The van der Waals surface area contributed by atoms with Crippen molar-refractivity contribution in [2.45, 2.75) is 26.1 Å². The lowest BCUT2D eigenvalue weighted by atomic mass is 10.1. The van der Waals surface area contributed by atoms with Crippen molar-refractivity contribution < 1.29 is 4.39 Å². The van der Waals surface area contributed by atoms with E-state index in [0.717, 1.165) is 24.0 Å². The Hall–Kier alpha value is -3.25. The second-order valence-electron chi connectivity index (χ2n) is 7.04. The van der Waals surface area contributed by atoms with Gasteiger partial charge in [-0.3, -0.25) is 4.79 Å². The normalized spacial score (nSPS) is 11.2. The summed E-state index contributed by atoms with van der Waals surface area (Å²) in [6.45, 7) is 2.47. The van der Waals surface area contributed by atoms with Crippen LogP contribution in [0.1, 0.15) is 11.1 Å². The molecule has 0 aliphatic heterocycles. The Morgan fingerprint density at radius 2 is 1.90 bits per heavy atom. The molecule has 4 aromatic rings. The van der Waals surface area contributed by atoms with Crippen molar-refractivity contribution in [2.24, 2.45) is 0 Å². The Kier molecular flexibility index (Phi) is 5.81. The smallest absolute Gasteiger partial charge is 0.255 e. The summed E-state index contributed by atoms with van der Waals surface area (Å²) in [5, 5.41) is 4.19. The minimum absolute atomic E-state index is 0.0749. The van der Waals surface area contributed by atoms with Crippen LogP contribution in [0.15, 0.2) is 78.1 Å². The molecule has 0 bridgehead atoms. The zero-order valence-electron chi connectivity index (χ0n) is 16.1. The average Bonchev–Trinajstić information content (AvgIpc) is 3.25. The van der Waals surface area contributed by atoms with Gasteiger partial charge < -0.3 is 14.5 Å². The lowest BCUT2D eigenvalue weighted by molar-refractivity contribution is 0.590. The molecule has 4 rings (SSSR count). The predicted octanol–water partition coefficient (Wildman–Crippen LogP) is 3.37. The maximum absolute atomic E-state index is 13.9. The van der Waals surface area contributed by atoms with Gasteiger partial charge in [-0.15, -0.1) is 0 Å². The monoisotopic (exact) mass is 390 g/mol. The Morgan fingerprint density at radius 3 is 2.69 bits per heavy atom. The van der Waals surface area contributed by atoms with Crippen LogP contribution in [0.3, 0.4) is 0 Å². The molecule has 0 spiro atoms. The second kappa shape index (κ2) is 8.84. The SMILES string of the molecule is O=c1c(CNCCn2ccnc2)cc2ccc(F)cc2n1CCc1ccccc1. The maximum Gasteiger partial charge on any atom is 0.255 e. The number of pyridine rings is 1. The van der Waals surface area contributed by atoms with E-state index in [-0.39, 0.29) is 11.4 Å². The van der Waals surface area contributed by atoms with E-state index < -0.39 is 0 Å². The van der Waals surface area contributed by atoms with E-state index >= 15 is 0 Å². The molecule has 0 aliphatic rings. The summed E-state index contributed by atoms with van der Waals surface area (Å²) in [6, 6.07) is 16.5. The predicted molar refractivity (Wildman–Crippen MR) is 112 cm³/mol. The summed E-state index contributed by atoms with van der Waals surface area (Å²) < 4.78 is 17.5. The van der Waals surface area contributed by atoms with Crippen LogP contribution >= 0.6 is 0 Å². The van der Waals surface area contributed by atoms with Crippen molar-refractivity contribution >= 4 is 10.9 Å². The molecular formula is C23H23FN4O. The standard InChI is InChI=1S/C23H23FN4O/c24-21-7-6-19-14-20(16-25-9-12-27-13-10-26-17-27)23(29)28(22(19)15-21)11-8-18-4-2-1-3-5-18/h1-7,10,13-15,17,25H,8-9,11-12,16H2. The molecular weight excluding hydrogens is 367 g/mol.